The van der Waals surface area contributed by atoms with Gasteiger partial charge in [-0.3, -0.25) is 14.3 Å². The number of nitrogens with zero attached hydrogens (tertiary/aromatic N) is 2. The van der Waals surface area contributed by atoms with Crippen LogP contribution in [0.15, 0.2) is 30.6 Å². The molecule has 8 nitrogen and oxygen atoms in total. The van der Waals surface area contributed by atoms with E-state index in [0.29, 0.717) is 22.7 Å². The minimum absolute atomic E-state index is 0. The third-order valence-corrected chi connectivity index (χ3v) is 4.66. The molecule has 1 aliphatic rings. The quantitative estimate of drug-likeness (QED) is 0.637. The number of carbonyl (C=O) groups is 2. The molecule has 3 rings (SSSR count). The van der Waals surface area contributed by atoms with Gasteiger partial charge in [-0.15, -0.1) is 12.4 Å². The van der Waals surface area contributed by atoms with E-state index >= 15 is 0 Å². The maximum Gasteiger partial charge on any atom is 0.258 e. The number of amides is 2. The van der Waals surface area contributed by atoms with Crippen molar-refractivity contribution < 1.29 is 14.3 Å². The van der Waals surface area contributed by atoms with Gasteiger partial charge < -0.3 is 21.1 Å². The Bertz CT molecular complexity index is 818. The number of ether oxygens (including phenoxy) is 1. The van der Waals surface area contributed by atoms with Crippen LogP contribution in [0, 0.1) is 0 Å². The summed E-state index contributed by atoms with van der Waals surface area (Å²) in [5, 5.41) is 9.90. The third kappa shape index (κ3) is 5.63. The SMILES string of the molecule is COc1ccc(NC(=O)c2cnn(CC(=O)NC3CCCCC3)c2)cc1N.Cl. The molecule has 1 aliphatic carbocycles. The molecule has 1 aromatic carbocycles. The van der Waals surface area contributed by atoms with Crippen molar-refractivity contribution in [2.75, 3.05) is 18.2 Å². The molecule has 152 valence electrons. The predicted octanol–water partition coefficient (Wildman–Crippen LogP) is 2.60. The number of rotatable bonds is 6. The van der Waals surface area contributed by atoms with E-state index in [4.69, 9.17) is 10.5 Å². The van der Waals surface area contributed by atoms with E-state index in [-0.39, 0.29) is 36.8 Å². The molecule has 0 radical (unpaired) electrons. The first-order valence-corrected chi connectivity index (χ1v) is 9.12. The van der Waals surface area contributed by atoms with Crippen molar-refractivity contribution in [2.45, 2.75) is 44.7 Å². The zero-order valence-corrected chi connectivity index (χ0v) is 16.6. The molecule has 1 heterocycles. The van der Waals surface area contributed by atoms with Crippen molar-refractivity contribution in [1.82, 2.24) is 15.1 Å². The molecule has 0 spiro atoms. The second kappa shape index (κ2) is 9.98. The smallest absolute Gasteiger partial charge is 0.258 e. The summed E-state index contributed by atoms with van der Waals surface area (Å²) in [6.45, 7) is 0.0965. The van der Waals surface area contributed by atoms with Gasteiger partial charge in [-0.2, -0.15) is 5.10 Å². The number of aromatic nitrogens is 2. The first-order valence-electron chi connectivity index (χ1n) is 9.12. The number of methoxy groups -OCH3 is 1. The molecule has 0 saturated heterocycles. The van der Waals surface area contributed by atoms with Crippen LogP contribution in [0.1, 0.15) is 42.5 Å². The van der Waals surface area contributed by atoms with E-state index in [1.54, 1.807) is 24.4 Å². The number of nitrogens with two attached hydrogens (primary N) is 1. The van der Waals surface area contributed by atoms with Gasteiger partial charge in [-0.05, 0) is 31.0 Å². The van der Waals surface area contributed by atoms with E-state index < -0.39 is 0 Å². The molecule has 0 unspecified atom stereocenters. The largest absolute Gasteiger partial charge is 0.495 e. The van der Waals surface area contributed by atoms with Crippen molar-refractivity contribution in [3.05, 3.63) is 36.2 Å². The van der Waals surface area contributed by atoms with Gasteiger partial charge in [0.05, 0.1) is 24.6 Å². The fourth-order valence-electron chi connectivity index (χ4n) is 3.25. The Kier molecular flexibility index (Phi) is 7.69. The summed E-state index contributed by atoms with van der Waals surface area (Å²) in [6, 6.07) is 5.27. The molecule has 4 N–H and O–H groups in total. The summed E-state index contributed by atoms with van der Waals surface area (Å²) in [4.78, 5) is 24.5. The zero-order chi connectivity index (χ0) is 19.2. The van der Waals surface area contributed by atoms with Gasteiger partial charge in [0.25, 0.3) is 5.91 Å². The second-order valence-corrected chi connectivity index (χ2v) is 6.74. The number of nitrogen functional groups attached to an aromatic ring is 1. The first kappa shape index (κ1) is 21.6. The lowest BCUT2D eigenvalue weighted by Gasteiger charge is -2.22. The Morgan fingerprint density at radius 2 is 2.04 bits per heavy atom. The third-order valence-electron chi connectivity index (χ3n) is 4.66. The minimum Gasteiger partial charge on any atom is -0.495 e. The standard InChI is InChI=1S/C19H25N5O3.ClH/c1-27-17-8-7-15(9-16(17)20)23-19(26)13-10-21-24(11-13)12-18(25)22-14-5-3-2-4-6-14;/h7-11,14H,2-6,12,20H2,1H3,(H,22,25)(H,23,26);1H. The van der Waals surface area contributed by atoms with E-state index in [1.807, 2.05) is 0 Å². The topological polar surface area (TPSA) is 111 Å². The molecular formula is C19H26ClN5O3. The van der Waals surface area contributed by atoms with Crippen LogP contribution >= 0.6 is 12.4 Å². The summed E-state index contributed by atoms with van der Waals surface area (Å²) in [7, 11) is 1.53. The molecule has 1 saturated carbocycles. The monoisotopic (exact) mass is 407 g/mol. The van der Waals surface area contributed by atoms with Gasteiger partial charge in [-0.25, -0.2) is 0 Å². The number of hydrogen-bond acceptors (Lipinski definition) is 5. The Morgan fingerprint density at radius 1 is 1.29 bits per heavy atom. The number of hydrogen-bond donors (Lipinski definition) is 3. The van der Waals surface area contributed by atoms with Crippen molar-refractivity contribution in [3.8, 4) is 5.75 Å². The molecule has 2 amide bonds. The Labute approximate surface area is 170 Å². The minimum atomic E-state index is -0.321. The summed E-state index contributed by atoms with van der Waals surface area (Å²) in [6.07, 6.45) is 8.62. The molecular weight excluding hydrogens is 382 g/mol. The van der Waals surface area contributed by atoms with E-state index in [0.717, 1.165) is 25.7 Å². The molecule has 28 heavy (non-hydrogen) atoms. The lowest BCUT2D eigenvalue weighted by molar-refractivity contribution is -0.122. The highest BCUT2D eigenvalue weighted by Crippen LogP contribution is 2.24. The highest BCUT2D eigenvalue weighted by atomic mass is 35.5. The molecule has 0 atom stereocenters. The van der Waals surface area contributed by atoms with Crippen molar-refractivity contribution in [1.29, 1.82) is 0 Å². The van der Waals surface area contributed by atoms with Crippen LogP contribution in [0.3, 0.4) is 0 Å². The van der Waals surface area contributed by atoms with Crippen LogP contribution < -0.4 is 21.1 Å². The van der Waals surface area contributed by atoms with E-state index in [1.165, 1.54) is 24.4 Å². The van der Waals surface area contributed by atoms with Gasteiger partial charge >= 0.3 is 0 Å². The Morgan fingerprint density at radius 3 is 2.71 bits per heavy atom. The van der Waals surface area contributed by atoms with Crippen LogP contribution in [0.25, 0.3) is 0 Å². The van der Waals surface area contributed by atoms with Crippen molar-refractivity contribution in [2.24, 2.45) is 0 Å². The Balaban J connectivity index is 0.00000280. The van der Waals surface area contributed by atoms with Gasteiger partial charge in [0.2, 0.25) is 5.91 Å². The highest BCUT2D eigenvalue weighted by Gasteiger charge is 2.17. The van der Waals surface area contributed by atoms with Crippen LogP contribution in [-0.2, 0) is 11.3 Å². The molecule has 0 bridgehead atoms. The molecule has 2 aromatic rings. The number of halogens is 1. The summed E-state index contributed by atoms with van der Waals surface area (Å²) < 4.78 is 6.56. The number of nitrogens with one attached hydrogen (secondary N) is 2. The van der Waals surface area contributed by atoms with Gasteiger partial charge in [0.1, 0.15) is 12.3 Å². The molecule has 0 aliphatic heterocycles. The van der Waals surface area contributed by atoms with Gasteiger partial charge in [-0.1, -0.05) is 19.3 Å². The van der Waals surface area contributed by atoms with Crippen molar-refractivity contribution in [3.63, 3.8) is 0 Å². The second-order valence-electron chi connectivity index (χ2n) is 6.74. The van der Waals surface area contributed by atoms with Gasteiger partial charge in [0.15, 0.2) is 0 Å². The maximum absolute atomic E-state index is 12.4. The molecule has 9 heteroatoms. The average molecular weight is 408 g/mol. The lowest BCUT2D eigenvalue weighted by Crippen LogP contribution is -2.38. The van der Waals surface area contributed by atoms with Crippen LogP contribution in [0.4, 0.5) is 11.4 Å². The normalized spacial score (nSPS) is 14.0. The maximum atomic E-state index is 12.4. The molecule has 1 fully saturated rings. The highest BCUT2D eigenvalue weighted by molar-refractivity contribution is 6.04. The summed E-state index contributed by atoms with van der Waals surface area (Å²) >= 11 is 0. The molecule has 1 aromatic heterocycles. The predicted molar refractivity (Wildman–Crippen MR) is 110 cm³/mol. The van der Waals surface area contributed by atoms with Gasteiger partial charge in [0, 0.05) is 17.9 Å². The fourth-order valence-corrected chi connectivity index (χ4v) is 3.25. The fraction of sp³-hybridized carbons (Fsp3) is 0.421. The lowest BCUT2D eigenvalue weighted by atomic mass is 9.95. The van der Waals surface area contributed by atoms with Crippen LogP contribution in [-0.4, -0.2) is 34.7 Å². The average Bonchev–Trinajstić information content (AvgIpc) is 3.11. The number of carbonyl (C=O) groups excluding carboxylic acids is 2. The van der Waals surface area contributed by atoms with E-state index in [9.17, 15) is 9.59 Å². The van der Waals surface area contributed by atoms with Crippen molar-refractivity contribution >= 4 is 35.6 Å². The Hall–Kier alpha value is -2.74. The number of benzene rings is 1. The van der Waals surface area contributed by atoms with E-state index in [2.05, 4.69) is 15.7 Å². The summed E-state index contributed by atoms with van der Waals surface area (Å²) in [5.41, 5.74) is 7.21. The summed E-state index contributed by atoms with van der Waals surface area (Å²) in [5.74, 6) is 0.142. The zero-order valence-electron chi connectivity index (χ0n) is 15.8. The van der Waals surface area contributed by atoms with Crippen LogP contribution in [0.2, 0.25) is 0 Å². The number of anilines is 2. The first-order chi connectivity index (χ1) is 13.0. The van der Waals surface area contributed by atoms with Crippen LogP contribution in [0.5, 0.6) is 5.75 Å².